The van der Waals surface area contributed by atoms with Gasteiger partial charge in [0.25, 0.3) is 0 Å². The Bertz CT molecular complexity index is 857. The summed E-state index contributed by atoms with van der Waals surface area (Å²) in [7, 11) is 0. The van der Waals surface area contributed by atoms with E-state index in [4.69, 9.17) is 10.5 Å². The smallest absolute Gasteiger partial charge is 0.187 e. The first kappa shape index (κ1) is 15.4. The third kappa shape index (κ3) is 2.97. The molecule has 0 aliphatic carbocycles. The number of morpholine rings is 1. The van der Waals surface area contributed by atoms with Crippen LogP contribution < -0.4 is 5.73 Å². The number of imidazole rings is 1. The number of nitrogen functional groups attached to an aromatic ring is 1. The molecule has 3 N–H and O–H groups in total. The first-order chi connectivity index (χ1) is 11.7. The fourth-order valence-electron chi connectivity index (χ4n) is 2.87. The molecular formula is C15H17FN6OS. The third-order valence-electron chi connectivity index (χ3n) is 4.07. The molecule has 1 saturated heterocycles. The summed E-state index contributed by atoms with van der Waals surface area (Å²) in [5, 5.41) is 4.07. The maximum Gasteiger partial charge on any atom is 0.187 e. The summed E-state index contributed by atoms with van der Waals surface area (Å²) in [4.78, 5) is 10.1. The Balaban J connectivity index is 1.61. The highest BCUT2D eigenvalue weighted by molar-refractivity contribution is 7.92. The van der Waals surface area contributed by atoms with E-state index in [0.717, 1.165) is 48.0 Å². The van der Waals surface area contributed by atoms with E-state index in [9.17, 15) is 3.89 Å². The number of H-pyrrole nitrogens is 1. The molecule has 1 aliphatic rings. The zero-order chi connectivity index (χ0) is 16.5. The third-order valence-corrected chi connectivity index (χ3v) is 4.40. The quantitative estimate of drug-likeness (QED) is 0.752. The Morgan fingerprint density at radius 2 is 2.17 bits per heavy atom. The summed E-state index contributed by atoms with van der Waals surface area (Å²) >= 11 is -0.00462. The molecule has 126 valence electrons. The molecule has 7 nitrogen and oxygen atoms in total. The molecule has 0 amide bonds. The molecule has 0 unspecified atom stereocenters. The number of nitrogens with two attached hydrogens (primary N) is 1. The van der Waals surface area contributed by atoms with Crippen molar-refractivity contribution in [2.75, 3.05) is 32.0 Å². The molecule has 9 heteroatoms. The number of aromatic nitrogens is 4. The highest BCUT2D eigenvalue weighted by atomic mass is 32.2. The van der Waals surface area contributed by atoms with Gasteiger partial charge in [0.2, 0.25) is 0 Å². The molecule has 0 spiro atoms. The van der Waals surface area contributed by atoms with Gasteiger partial charge in [0.05, 0.1) is 36.1 Å². The molecule has 3 heterocycles. The minimum atomic E-state index is -0.00462. The van der Waals surface area contributed by atoms with E-state index in [1.807, 2.05) is 6.07 Å². The highest BCUT2D eigenvalue weighted by Crippen LogP contribution is 2.26. The molecule has 0 bridgehead atoms. The van der Waals surface area contributed by atoms with Crippen LogP contribution in [0.4, 0.5) is 9.57 Å². The lowest BCUT2D eigenvalue weighted by Crippen LogP contribution is -2.35. The van der Waals surface area contributed by atoms with Crippen molar-refractivity contribution in [2.24, 2.45) is 0 Å². The Morgan fingerprint density at radius 1 is 1.33 bits per heavy atom. The van der Waals surface area contributed by atoms with Crippen molar-refractivity contribution in [3.8, 4) is 11.5 Å². The monoisotopic (exact) mass is 348 g/mol. The van der Waals surface area contributed by atoms with Crippen molar-refractivity contribution in [1.29, 1.82) is 0 Å². The van der Waals surface area contributed by atoms with E-state index in [0.29, 0.717) is 17.2 Å². The van der Waals surface area contributed by atoms with Gasteiger partial charge >= 0.3 is 0 Å². The Labute approximate surface area is 142 Å². The lowest BCUT2D eigenvalue weighted by Gasteiger charge is -2.26. The minimum absolute atomic E-state index is 0.00462. The van der Waals surface area contributed by atoms with Crippen molar-refractivity contribution >= 4 is 29.1 Å². The van der Waals surface area contributed by atoms with Crippen LogP contribution in [0.25, 0.3) is 22.6 Å². The number of aromatic amines is 1. The van der Waals surface area contributed by atoms with E-state index < -0.39 is 0 Å². The van der Waals surface area contributed by atoms with Gasteiger partial charge in [0.1, 0.15) is 0 Å². The van der Waals surface area contributed by atoms with Crippen LogP contribution in [0, 0.1) is 0 Å². The van der Waals surface area contributed by atoms with Gasteiger partial charge < -0.3 is 15.5 Å². The summed E-state index contributed by atoms with van der Waals surface area (Å²) in [6.07, 6.45) is 1.43. The Hall–Kier alpha value is -2.10. The summed E-state index contributed by atoms with van der Waals surface area (Å²) in [6, 6.07) is 6.13. The largest absolute Gasteiger partial charge is 0.396 e. The van der Waals surface area contributed by atoms with Gasteiger partial charge in [-0.3, -0.25) is 4.90 Å². The lowest BCUT2D eigenvalue weighted by molar-refractivity contribution is 0.0342. The zero-order valence-electron chi connectivity index (χ0n) is 12.9. The average molecular weight is 348 g/mol. The van der Waals surface area contributed by atoms with Crippen molar-refractivity contribution in [3.05, 3.63) is 30.0 Å². The van der Waals surface area contributed by atoms with Gasteiger partial charge in [0.15, 0.2) is 23.9 Å². The van der Waals surface area contributed by atoms with Crippen molar-refractivity contribution in [3.63, 3.8) is 0 Å². The Kier molecular flexibility index (Phi) is 4.13. The summed E-state index contributed by atoms with van der Waals surface area (Å²) < 4.78 is 19.1. The van der Waals surface area contributed by atoms with Gasteiger partial charge in [-0.15, -0.1) is 3.89 Å². The molecule has 3 aromatic rings. The second-order valence-corrected chi connectivity index (χ2v) is 6.24. The predicted octanol–water partition coefficient (Wildman–Crippen LogP) is 2.22. The van der Waals surface area contributed by atoms with Crippen LogP contribution in [-0.4, -0.2) is 50.4 Å². The second-order valence-electron chi connectivity index (χ2n) is 5.73. The molecule has 24 heavy (non-hydrogen) atoms. The number of hydrogen-bond donors (Lipinski definition) is 2. The molecule has 1 aliphatic heterocycles. The van der Waals surface area contributed by atoms with Crippen LogP contribution in [0.2, 0.25) is 0 Å². The number of benzene rings is 1. The van der Waals surface area contributed by atoms with E-state index in [-0.39, 0.29) is 12.3 Å². The number of halogens is 1. The molecule has 0 saturated carbocycles. The van der Waals surface area contributed by atoms with Crippen LogP contribution in [0.3, 0.4) is 0 Å². The number of hydrogen-bond acceptors (Lipinski definition) is 6. The van der Waals surface area contributed by atoms with Gasteiger partial charge in [-0.05, 0) is 17.7 Å². The maximum atomic E-state index is 12.6. The minimum Gasteiger partial charge on any atom is -0.396 e. The van der Waals surface area contributed by atoms with E-state index >= 15 is 0 Å². The summed E-state index contributed by atoms with van der Waals surface area (Å²) in [5.74, 6) is 0.541. The first-order valence-electron chi connectivity index (χ1n) is 7.66. The molecule has 1 aromatic carbocycles. The van der Waals surface area contributed by atoms with E-state index in [1.165, 1.54) is 11.8 Å². The van der Waals surface area contributed by atoms with Crippen molar-refractivity contribution in [2.45, 2.75) is 6.54 Å². The molecule has 0 radical (unpaired) electrons. The number of rotatable bonds is 4. The SMILES string of the molecule is Nc1cn(SF)nc1-c1nc2ccc(CN3CCOCC3)cc2[nH]1. The van der Waals surface area contributed by atoms with Gasteiger partial charge in [-0.2, -0.15) is 9.19 Å². The number of ether oxygens (including phenoxy) is 1. The number of anilines is 1. The van der Waals surface area contributed by atoms with Gasteiger partial charge in [-0.1, -0.05) is 6.07 Å². The maximum absolute atomic E-state index is 12.6. The van der Waals surface area contributed by atoms with E-state index in [2.05, 4.69) is 32.1 Å². The summed E-state index contributed by atoms with van der Waals surface area (Å²) in [5.41, 5.74) is 9.67. The molecule has 0 atom stereocenters. The number of nitrogens with one attached hydrogen (secondary N) is 1. The molecule has 1 fully saturated rings. The van der Waals surface area contributed by atoms with Gasteiger partial charge in [-0.25, -0.2) is 4.98 Å². The Morgan fingerprint density at radius 3 is 2.92 bits per heavy atom. The van der Waals surface area contributed by atoms with Crippen molar-refractivity contribution < 1.29 is 8.62 Å². The molecular weight excluding hydrogens is 331 g/mol. The number of nitrogens with zero attached hydrogens (tertiary/aromatic N) is 4. The summed E-state index contributed by atoms with van der Waals surface area (Å²) in [6.45, 7) is 4.33. The molecule has 4 rings (SSSR count). The predicted molar refractivity (Wildman–Crippen MR) is 91.9 cm³/mol. The van der Waals surface area contributed by atoms with Gasteiger partial charge in [0, 0.05) is 19.6 Å². The molecule has 2 aromatic heterocycles. The van der Waals surface area contributed by atoms with E-state index in [1.54, 1.807) is 0 Å². The van der Waals surface area contributed by atoms with Crippen LogP contribution in [0.15, 0.2) is 24.4 Å². The fourth-order valence-corrected chi connectivity index (χ4v) is 3.14. The standard InChI is InChI=1S/C15H17FN6OS/c16-24-22-9-11(17)14(20-22)15-18-12-2-1-10(7-13(12)19-15)8-21-3-5-23-6-4-21/h1-2,7,9H,3-6,8,17H2,(H,18,19). The second kappa shape index (κ2) is 6.42. The normalized spacial score (nSPS) is 16.0. The van der Waals surface area contributed by atoms with Crippen LogP contribution in [0.5, 0.6) is 0 Å². The average Bonchev–Trinajstić information content (AvgIpc) is 3.18. The number of fused-ring (bicyclic) bond motifs is 1. The topological polar surface area (TPSA) is 85.0 Å². The van der Waals surface area contributed by atoms with Crippen LogP contribution >= 0.6 is 12.3 Å². The van der Waals surface area contributed by atoms with Crippen LogP contribution in [0.1, 0.15) is 5.56 Å². The highest BCUT2D eigenvalue weighted by Gasteiger charge is 2.15. The fraction of sp³-hybridized carbons (Fsp3) is 0.333. The zero-order valence-corrected chi connectivity index (χ0v) is 13.7. The lowest BCUT2D eigenvalue weighted by atomic mass is 10.2. The van der Waals surface area contributed by atoms with Crippen molar-refractivity contribution in [1.82, 2.24) is 24.1 Å². The van der Waals surface area contributed by atoms with Crippen LogP contribution in [-0.2, 0) is 11.3 Å². The first-order valence-corrected chi connectivity index (χ1v) is 8.33.